The SMILES string of the molecule is CN1CCNC[C@H]1COc1nc(-c2cnn(C)c2)cc2nccnc12. The summed E-state index contributed by atoms with van der Waals surface area (Å²) in [4.78, 5) is 15.8. The van der Waals surface area contributed by atoms with Crippen LogP contribution in [0.3, 0.4) is 0 Å². The van der Waals surface area contributed by atoms with Gasteiger partial charge in [0.2, 0.25) is 5.88 Å². The van der Waals surface area contributed by atoms with E-state index >= 15 is 0 Å². The molecule has 0 saturated carbocycles. The lowest BCUT2D eigenvalue weighted by atomic mass is 10.2. The van der Waals surface area contributed by atoms with E-state index < -0.39 is 0 Å². The number of nitrogens with zero attached hydrogens (tertiary/aromatic N) is 6. The topological polar surface area (TPSA) is 81.0 Å². The first kappa shape index (κ1) is 15.9. The number of fused-ring (bicyclic) bond motifs is 1. The van der Waals surface area contributed by atoms with Gasteiger partial charge in [-0.15, -0.1) is 0 Å². The summed E-state index contributed by atoms with van der Waals surface area (Å²) in [6, 6.07) is 2.23. The van der Waals surface area contributed by atoms with Gasteiger partial charge in [-0.1, -0.05) is 0 Å². The molecule has 1 saturated heterocycles. The Hall–Kier alpha value is -2.58. The molecule has 1 fully saturated rings. The van der Waals surface area contributed by atoms with Crippen LogP contribution in [0, 0.1) is 0 Å². The van der Waals surface area contributed by atoms with Crippen LogP contribution in [0.2, 0.25) is 0 Å². The van der Waals surface area contributed by atoms with Gasteiger partial charge in [0.25, 0.3) is 0 Å². The van der Waals surface area contributed by atoms with E-state index in [1.54, 1.807) is 23.3 Å². The van der Waals surface area contributed by atoms with Gasteiger partial charge < -0.3 is 10.1 Å². The maximum atomic E-state index is 6.08. The molecule has 8 heteroatoms. The number of rotatable bonds is 4. The molecule has 1 N–H and O–H groups in total. The van der Waals surface area contributed by atoms with Crippen molar-refractivity contribution in [2.75, 3.05) is 33.3 Å². The summed E-state index contributed by atoms with van der Waals surface area (Å²) in [5.41, 5.74) is 3.16. The molecule has 1 aliphatic rings. The van der Waals surface area contributed by atoms with Gasteiger partial charge in [-0.05, 0) is 13.1 Å². The van der Waals surface area contributed by atoms with Gasteiger partial charge in [-0.2, -0.15) is 5.10 Å². The fourth-order valence-corrected chi connectivity index (χ4v) is 2.97. The number of likely N-dealkylation sites (N-methyl/N-ethyl adjacent to an activating group) is 1. The number of nitrogens with one attached hydrogen (secondary N) is 1. The number of hydrogen-bond donors (Lipinski definition) is 1. The first-order valence-corrected chi connectivity index (χ1v) is 8.35. The summed E-state index contributed by atoms with van der Waals surface area (Å²) in [6.07, 6.45) is 7.05. The van der Waals surface area contributed by atoms with E-state index in [1.807, 2.05) is 19.3 Å². The minimum atomic E-state index is 0.310. The highest BCUT2D eigenvalue weighted by atomic mass is 16.5. The third-order valence-corrected chi connectivity index (χ3v) is 4.48. The Morgan fingerprint density at radius 1 is 1.28 bits per heavy atom. The molecule has 0 radical (unpaired) electrons. The lowest BCUT2D eigenvalue weighted by Gasteiger charge is -2.32. The molecule has 25 heavy (non-hydrogen) atoms. The van der Waals surface area contributed by atoms with Crippen molar-refractivity contribution < 1.29 is 4.74 Å². The summed E-state index contributed by atoms with van der Waals surface area (Å²) in [6.45, 7) is 3.48. The molecule has 1 atom stereocenters. The van der Waals surface area contributed by atoms with E-state index in [2.05, 4.69) is 37.3 Å². The number of pyridine rings is 1. The molecule has 130 valence electrons. The van der Waals surface area contributed by atoms with Gasteiger partial charge in [0, 0.05) is 50.8 Å². The van der Waals surface area contributed by atoms with Crippen LogP contribution < -0.4 is 10.1 Å². The largest absolute Gasteiger partial charge is 0.474 e. The molecular weight excluding hydrogens is 318 g/mol. The average molecular weight is 339 g/mol. The fraction of sp³-hybridized carbons (Fsp3) is 0.412. The summed E-state index contributed by atoms with van der Waals surface area (Å²) in [5, 5.41) is 7.61. The molecule has 8 nitrogen and oxygen atoms in total. The molecule has 3 aromatic heterocycles. The normalized spacial score (nSPS) is 18.6. The number of aromatic nitrogens is 5. The number of hydrogen-bond acceptors (Lipinski definition) is 7. The van der Waals surface area contributed by atoms with Gasteiger partial charge in [-0.25, -0.2) is 9.97 Å². The maximum absolute atomic E-state index is 6.08. The van der Waals surface area contributed by atoms with E-state index in [0.29, 0.717) is 24.0 Å². The Balaban J connectivity index is 1.66. The van der Waals surface area contributed by atoms with Crippen LogP contribution in [0.25, 0.3) is 22.3 Å². The maximum Gasteiger partial charge on any atom is 0.242 e. The van der Waals surface area contributed by atoms with Crippen molar-refractivity contribution in [2.45, 2.75) is 6.04 Å². The fourth-order valence-electron chi connectivity index (χ4n) is 2.97. The van der Waals surface area contributed by atoms with Gasteiger partial charge in [0.05, 0.1) is 23.4 Å². The molecule has 4 rings (SSSR count). The van der Waals surface area contributed by atoms with Gasteiger partial charge in [-0.3, -0.25) is 14.6 Å². The molecule has 0 unspecified atom stereocenters. The highest BCUT2D eigenvalue weighted by Crippen LogP contribution is 2.26. The molecule has 0 bridgehead atoms. The van der Waals surface area contributed by atoms with Crippen molar-refractivity contribution in [3.05, 3.63) is 30.9 Å². The standard InChI is InChI=1S/C17H21N7O/c1-23-6-5-18-9-13(23)11-25-17-16-15(19-3-4-20-16)7-14(22-17)12-8-21-24(2)10-12/h3-4,7-8,10,13,18H,5-6,9,11H2,1-2H3/t13-/m0/s1. The predicted octanol–water partition coefficient (Wildman–Crippen LogP) is 0.708. The van der Waals surface area contributed by atoms with E-state index in [0.717, 1.165) is 36.4 Å². The van der Waals surface area contributed by atoms with Gasteiger partial charge in [0.15, 0.2) is 5.52 Å². The Labute approximate surface area is 145 Å². The zero-order valence-corrected chi connectivity index (χ0v) is 14.4. The smallest absolute Gasteiger partial charge is 0.242 e. The highest BCUT2D eigenvalue weighted by molar-refractivity contribution is 5.83. The minimum absolute atomic E-state index is 0.310. The first-order chi connectivity index (χ1) is 12.2. The zero-order chi connectivity index (χ0) is 17.2. The third kappa shape index (κ3) is 3.31. The van der Waals surface area contributed by atoms with Crippen molar-refractivity contribution in [2.24, 2.45) is 7.05 Å². The second-order valence-corrected chi connectivity index (χ2v) is 6.29. The van der Waals surface area contributed by atoms with E-state index in [4.69, 9.17) is 4.74 Å². The van der Waals surface area contributed by atoms with Crippen molar-refractivity contribution in [3.63, 3.8) is 0 Å². The number of ether oxygens (including phenoxy) is 1. The minimum Gasteiger partial charge on any atom is -0.474 e. The summed E-state index contributed by atoms with van der Waals surface area (Å²) in [7, 11) is 4.00. The van der Waals surface area contributed by atoms with Crippen molar-refractivity contribution >= 4 is 11.0 Å². The van der Waals surface area contributed by atoms with Crippen LogP contribution >= 0.6 is 0 Å². The molecule has 3 aromatic rings. The third-order valence-electron chi connectivity index (χ3n) is 4.48. The Kier molecular flexibility index (Phi) is 4.29. The van der Waals surface area contributed by atoms with Crippen LogP contribution in [0.4, 0.5) is 0 Å². The van der Waals surface area contributed by atoms with E-state index in [-0.39, 0.29) is 0 Å². The van der Waals surface area contributed by atoms with Crippen molar-refractivity contribution in [1.29, 1.82) is 0 Å². The van der Waals surface area contributed by atoms with Crippen molar-refractivity contribution in [3.8, 4) is 17.1 Å². The zero-order valence-electron chi connectivity index (χ0n) is 14.4. The van der Waals surface area contributed by atoms with Gasteiger partial charge >= 0.3 is 0 Å². The number of piperazine rings is 1. The van der Waals surface area contributed by atoms with E-state index in [9.17, 15) is 0 Å². The molecule has 0 amide bonds. The van der Waals surface area contributed by atoms with Crippen LogP contribution in [0.5, 0.6) is 5.88 Å². The van der Waals surface area contributed by atoms with E-state index in [1.165, 1.54) is 0 Å². The van der Waals surface area contributed by atoms with Crippen LogP contribution in [-0.4, -0.2) is 69.0 Å². The van der Waals surface area contributed by atoms with Crippen LogP contribution in [0.1, 0.15) is 0 Å². The molecular formula is C17H21N7O. The van der Waals surface area contributed by atoms with Crippen LogP contribution in [0.15, 0.2) is 30.9 Å². The number of aryl methyl sites for hydroxylation is 1. The summed E-state index contributed by atoms with van der Waals surface area (Å²) in [5.74, 6) is 0.517. The van der Waals surface area contributed by atoms with Gasteiger partial charge in [0.1, 0.15) is 6.61 Å². The lowest BCUT2D eigenvalue weighted by Crippen LogP contribution is -2.51. The summed E-state index contributed by atoms with van der Waals surface area (Å²) < 4.78 is 7.83. The second-order valence-electron chi connectivity index (χ2n) is 6.29. The van der Waals surface area contributed by atoms with Crippen molar-refractivity contribution in [1.82, 2.24) is 34.9 Å². The monoisotopic (exact) mass is 339 g/mol. The second kappa shape index (κ2) is 6.73. The Morgan fingerprint density at radius 3 is 2.96 bits per heavy atom. The molecule has 1 aliphatic heterocycles. The highest BCUT2D eigenvalue weighted by Gasteiger charge is 2.20. The first-order valence-electron chi connectivity index (χ1n) is 8.35. The summed E-state index contributed by atoms with van der Waals surface area (Å²) >= 11 is 0. The average Bonchev–Trinajstić information content (AvgIpc) is 3.07. The molecule has 0 aliphatic carbocycles. The lowest BCUT2D eigenvalue weighted by molar-refractivity contribution is 0.134. The molecule has 0 aromatic carbocycles. The quantitative estimate of drug-likeness (QED) is 0.749. The van der Waals surface area contributed by atoms with Crippen LogP contribution in [-0.2, 0) is 7.05 Å². The molecule has 4 heterocycles. The Morgan fingerprint density at radius 2 is 2.16 bits per heavy atom. The Bertz CT molecular complexity index is 878. The predicted molar refractivity (Wildman–Crippen MR) is 94.3 cm³/mol. The molecule has 0 spiro atoms.